The topological polar surface area (TPSA) is 110 Å². The first-order valence-electron chi connectivity index (χ1n) is 8.53. The average molecular weight is 343 g/mol. The number of carboxylic acids is 1. The maximum absolute atomic E-state index is 12.7. The second-order valence-electron chi connectivity index (χ2n) is 5.98. The minimum absolute atomic E-state index is 0.198. The Morgan fingerprint density at radius 1 is 1.16 bits per heavy atom. The van der Waals surface area contributed by atoms with Gasteiger partial charge in [0.2, 0.25) is 5.91 Å². The number of amides is 1. The van der Waals surface area contributed by atoms with Crippen LogP contribution in [0.25, 0.3) is 10.8 Å². The highest BCUT2D eigenvalue weighted by molar-refractivity contribution is 6.10. The van der Waals surface area contributed by atoms with E-state index in [9.17, 15) is 14.7 Å². The molecule has 0 aliphatic carbocycles. The molecule has 6 nitrogen and oxygen atoms in total. The van der Waals surface area contributed by atoms with Crippen LogP contribution < -0.4 is 16.4 Å². The van der Waals surface area contributed by atoms with E-state index in [4.69, 9.17) is 11.5 Å². The Bertz CT molecular complexity index is 761. The van der Waals surface area contributed by atoms with Crippen LogP contribution in [0.1, 0.15) is 32.6 Å². The maximum atomic E-state index is 12.7. The molecule has 2 aromatic rings. The first-order valence-corrected chi connectivity index (χ1v) is 8.53. The number of benzene rings is 2. The number of carboxylic acid groups (broad SMARTS) is 1. The van der Waals surface area contributed by atoms with Crippen molar-refractivity contribution in [1.29, 1.82) is 0 Å². The Kier molecular flexibility index (Phi) is 6.36. The fourth-order valence-electron chi connectivity index (χ4n) is 3.01. The molecule has 0 aliphatic rings. The largest absolute Gasteiger partial charge is 0.480 e. The van der Waals surface area contributed by atoms with Gasteiger partial charge in [-0.3, -0.25) is 9.69 Å². The molecule has 2 aromatic carbocycles. The molecular weight excluding hydrogens is 318 g/mol. The van der Waals surface area contributed by atoms with E-state index in [2.05, 4.69) is 0 Å². The van der Waals surface area contributed by atoms with Crippen LogP contribution in [0.4, 0.5) is 11.4 Å². The Morgan fingerprint density at radius 3 is 2.52 bits per heavy atom. The summed E-state index contributed by atoms with van der Waals surface area (Å²) >= 11 is 0. The van der Waals surface area contributed by atoms with E-state index in [0.29, 0.717) is 37.2 Å². The first-order chi connectivity index (χ1) is 12.0. The van der Waals surface area contributed by atoms with Crippen LogP contribution in [0.2, 0.25) is 0 Å². The summed E-state index contributed by atoms with van der Waals surface area (Å²) in [6.07, 6.45) is 1.87. The number of hydrogen-bond donors (Lipinski definition) is 3. The van der Waals surface area contributed by atoms with Crippen molar-refractivity contribution in [2.45, 2.75) is 38.6 Å². The number of nitrogens with zero attached hydrogens (tertiary/aromatic N) is 1. The number of unbranched alkanes of at least 4 members (excludes halogenated alkanes) is 1. The second kappa shape index (κ2) is 8.48. The molecule has 0 bridgehead atoms. The number of aliphatic carboxylic acids is 1. The van der Waals surface area contributed by atoms with Gasteiger partial charge in [-0.15, -0.1) is 0 Å². The molecule has 6 heteroatoms. The van der Waals surface area contributed by atoms with Gasteiger partial charge in [0.1, 0.15) is 6.04 Å². The summed E-state index contributed by atoms with van der Waals surface area (Å²) in [4.78, 5) is 25.9. The summed E-state index contributed by atoms with van der Waals surface area (Å²) in [5, 5.41) is 11.4. The minimum Gasteiger partial charge on any atom is -0.480 e. The lowest BCUT2D eigenvalue weighted by molar-refractivity contribution is -0.140. The monoisotopic (exact) mass is 343 g/mol. The molecule has 0 spiro atoms. The van der Waals surface area contributed by atoms with E-state index in [1.165, 1.54) is 4.90 Å². The molecule has 0 fully saturated rings. The number of fused-ring (bicyclic) bond motifs is 1. The third-order valence-corrected chi connectivity index (χ3v) is 4.27. The molecule has 0 aromatic heterocycles. The van der Waals surface area contributed by atoms with Crippen molar-refractivity contribution in [3.63, 3.8) is 0 Å². The minimum atomic E-state index is -1.04. The van der Waals surface area contributed by atoms with Crippen molar-refractivity contribution in [3.8, 4) is 0 Å². The van der Waals surface area contributed by atoms with E-state index in [-0.39, 0.29) is 12.3 Å². The van der Waals surface area contributed by atoms with E-state index in [0.717, 1.165) is 10.8 Å². The normalized spacial score (nSPS) is 12.1. The smallest absolute Gasteiger partial charge is 0.326 e. The summed E-state index contributed by atoms with van der Waals surface area (Å²) in [5.74, 6) is -1.30. The van der Waals surface area contributed by atoms with Crippen LogP contribution in [-0.4, -0.2) is 29.6 Å². The lowest BCUT2D eigenvalue weighted by atomic mass is 10.0. The van der Waals surface area contributed by atoms with E-state index in [1.807, 2.05) is 30.3 Å². The number of nitrogens with two attached hydrogens (primary N) is 2. The first kappa shape index (κ1) is 18.7. The van der Waals surface area contributed by atoms with Gasteiger partial charge >= 0.3 is 5.97 Å². The predicted octanol–water partition coefficient (Wildman–Crippen LogP) is 2.75. The molecular formula is C19H25N3O3. The molecule has 25 heavy (non-hydrogen) atoms. The van der Waals surface area contributed by atoms with Gasteiger partial charge in [0.05, 0.1) is 11.4 Å². The highest BCUT2D eigenvalue weighted by Crippen LogP contribution is 2.35. The molecule has 5 N–H and O–H groups in total. The standard InChI is InChI=1S/C19H25N3O3/c1-2-17(23)22(16(19(24)25)9-5-6-12-20)18-14-8-4-3-7-13(14)10-11-15(18)21/h3-4,7-8,10-11,16H,2,5-6,9,12,20-21H2,1H3,(H,24,25). The Labute approximate surface area is 147 Å². The predicted molar refractivity (Wildman–Crippen MR) is 100 cm³/mol. The lowest BCUT2D eigenvalue weighted by Gasteiger charge is -2.31. The van der Waals surface area contributed by atoms with E-state index in [1.54, 1.807) is 13.0 Å². The number of carbonyl (C=O) groups is 2. The van der Waals surface area contributed by atoms with Crippen LogP contribution in [0.3, 0.4) is 0 Å². The molecule has 0 radical (unpaired) electrons. The summed E-state index contributed by atoms with van der Waals surface area (Å²) in [5.41, 5.74) is 12.6. The zero-order chi connectivity index (χ0) is 18.4. The third kappa shape index (κ3) is 4.09. The fourth-order valence-corrected chi connectivity index (χ4v) is 3.01. The summed E-state index contributed by atoms with van der Waals surface area (Å²) in [6, 6.07) is 10.1. The average Bonchev–Trinajstić information content (AvgIpc) is 2.61. The second-order valence-corrected chi connectivity index (χ2v) is 5.98. The van der Waals surface area contributed by atoms with Crippen molar-refractivity contribution in [1.82, 2.24) is 0 Å². The summed E-state index contributed by atoms with van der Waals surface area (Å²) in [6.45, 7) is 2.21. The zero-order valence-electron chi connectivity index (χ0n) is 14.4. The van der Waals surface area contributed by atoms with Crippen molar-refractivity contribution in [2.75, 3.05) is 17.2 Å². The highest BCUT2D eigenvalue weighted by Gasteiger charge is 2.32. The highest BCUT2D eigenvalue weighted by atomic mass is 16.4. The van der Waals surface area contributed by atoms with Crippen LogP contribution in [0.15, 0.2) is 36.4 Å². The summed E-state index contributed by atoms with van der Waals surface area (Å²) in [7, 11) is 0. The van der Waals surface area contributed by atoms with Crippen molar-refractivity contribution >= 4 is 34.0 Å². The Morgan fingerprint density at radius 2 is 1.88 bits per heavy atom. The summed E-state index contributed by atoms with van der Waals surface area (Å²) < 4.78 is 0. The Balaban J connectivity index is 2.59. The van der Waals surface area contributed by atoms with Gasteiger partial charge in [0.15, 0.2) is 0 Å². The zero-order valence-corrected chi connectivity index (χ0v) is 14.4. The van der Waals surface area contributed by atoms with Gasteiger partial charge in [0.25, 0.3) is 0 Å². The molecule has 1 amide bonds. The molecule has 2 rings (SSSR count). The van der Waals surface area contributed by atoms with Crippen molar-refractivity contribution < 1.29 is 14.7 Å². The number of carbonyl (C=O) groups excluding carboxylic acids is 1. The van der Waals surface area contributed by atoms with Crippen LogP contribution >= 0.6 is 0 Å². The third-order valence-electron chi connectivity index (χ3n) is 4.27. The van der Waals surface area contributed by atoms with E-state index >= 15 is 0 Å². The van der Waals surface area contributed by atoms with Gasteiger partial charge in [-0.2, -0.15) is 0 Å². The van der Waals surface area contributed by atoms with Gasteiger partial charge in [-0.1, -0.05) is 37.3 Å². The van der Waals surface area contributed by atoms with Gasteiger partial charge in [-0.05, 0) is 37.3 Å². The van der Waals surface area contributed by atoms with Crippen LogP contribution in [-0.2, 0) is 9.59 Å². The number of rotatable bonds is 8. The SMILES string of the molecule is CCC(=O)N(c1c(N)ccc2ccccc12)C(CCCCN)C(=O)O. The quantitative estimate of drug-likeness (QED) is 0.504. The number of nitrogen functional groups attached to an aromatic ring is 1. The van der Waals surface area contributed by atoms with E-state index < -0.39 is 12.0 Å². The lowest BCUT2D eigenvalue weighted by Crippen LogP contribution is -2.45. The van der Waals surface area contributed by atoms with Crippen LogP contribution in [0.5, 0.6) is 0 Å². The molecule has 0 saturated heterocycles. The number of anilines is 2. The molecule has 1 unspecified atom stereocenters. The molecule has 1 atom stereocenters. The molecule has 0 heterocycles. The Hall–Kier alpha value is -2.60. The van der Waals surface area contributed by atoms with Crippen molar-refractivity contribution in [2.24, 2.45) is 5.73 Å². The molecule has 134 valence electrons. The van der Waals surface area contributed by atoms with Gasteiger partial charge < -0.3 is 16.6 Å². The van der Waals surface area contributed by atoms with Gasteiger partial charge in [-0.25, -0.2) is 4.79 Å². The van der Waals surface area contributed by atoms with Crippen LogP contribution in [0, 0.1) is 0 Å². The fraction of sp³-hybridized carbons (Fsp3) is 0.368. The number of hydrogen-bond acceptors (Lipinski definition) is 4. The van der Waals surface area contributed by atoms with Gasteiger partial charge in [0, 0.05) is 11.8 Å². The molecule has 0 aliphatic heterocycles. The van der Waals surface area contributed by atoms with Crippen molar-refractivity contribution in [3.05, 3.63) is 36.4 Å². The molecule has 0 saturated carbocycles. The maximum Gasteiger partial charge on any atom is 0.326 e.